The fourth-order valence-corrected chi connectivity index (χ4v) is 2.61. The molecule has 2 fully saturated rings. The lowest BCUT2D eigenvalue weighted by Gasteiger charge is -2.04. The Bertz CT molecular complexity index is 153. The second-order valence-electron chi connectivity index (χ2n) is 4.46. The number of hydrogen-bond donors (Lipinski definition) is 0. The first kappa shape index (κ1) is 8.34. The van der Waals surface area contributed by atoms with Crippen LogP contribution >= 0.6 is 0 Å². The van der Waals surface area contributed by atoms with Crippen molar-refractivity contribution in [2.24, 2.45) is 5.92 Å². The van der Waals surface area contributed by atoms with Crippen molar-refractivity contribution >= 4 is 0 Å². The van der Waals surface area contributed by atoms with Crippen LogP contribution in [0.2, 0.25) is 0 Å². The average molecular weight is 164 g/mol. The third-order valence-electron chi connectivity index (χ3n) is 3.46. The van der Waals surface area contributed by atoms with Crippen LogP contribution in [0.4, 0.5) is 0 Å². The maximum Gasteiger partial charge on any atom is -0.0320 e. The zero-order valence-corrected chi connectivity index (χ0v) is 8.02. The highest BCUT2D eigenvalue weighted by atomic mass is 14.2. The van der Waals surface area contributed by atoms with Crippen LogP contribution in [0.5, 0.6) is 0 Å². The van der Waals surface area contributed by atoms with Crippen LogP contribution in [0.25, 0.3) is 0 Å². The SMILES string of the molecule is C(CC1CCCC1)=C1CCCC1. The van der Waals surface area contributed by atoms with Gasteiger partial charge in [-0.2, -0.15) is 0 Å². The van der Waals surface area contributed by atoms with Gasteiger partial charge in [0.2, 0.25) is 0 Å². The fourth-order valence-electron chi connectivity index (χ4n) is 2.61. The van der Waals surface area contributed by atoms with Gasteiger partial charge in [-0.15, -0.1) is 0 Å². The summed E-state index contributed by atoms with van der Waals surface area (Å²) < 4.78 is 0. The fraction of sp³-hybridized carbons (Fsp3) is 0.833. The molecule has 12 heavy (non-hydrogen) atoms. The first-order valence-electron chi connectivity index (χ1n) is 5.63. The molecule has 2 aliphatic rings. The lowest BCUT2D eigenvalue weighted by molar-refractivity contribution is 0.556. The zero-order chi connectivity index (χ0) is 8.23. The van der Waals surface area contributed by atoms with Gasteiger partial charge >= 0.3 is 0 Å². The van der Waals surface area contributed by atoms with Crippen LogP contribution in [0, 0.1) is 5.92 Å². The molecule has 0 spiro atoms. The Morgan fingerprint density at radius 3 is 2.33 bits per heavy atom. The first-order valence-corrected chi connectivity index (χ1v) is 5.63. The Hall–Kier alpha value is -0.260. The van der Waals surface area contributed by atoms with Crippen molar-refractivity contribution < 1.29 is 0 Å². The smallest absolute Gasteiger partial charge is 0.0320 e. The predicted octanol–water partition coefficient (Wildman–Crippen LogP) is 4.07. The van der Waals surface area contributed by atoms with Crippen LogP contribution in [-0.2, 0) is 0 Å². The quantitative estimate of drug-likeness (QED) is 0.540. The van der Waals surface area contributed by atoms with Crippen LogP contribution in [0.3, 0.4) is 0 Å². The Morgan fingerprint density at radius 1 is 1.00 bits per heavy atom. The molecular formula is C12H20. The van der Waals surface area contributed by atoms with Crippen molar-refractivity contribution in [1.82, 2.24) is 0 Å². The van der Waals surface area contributed by atoms with E-state index in [1.54, 1.807) is 5.57 Å². The van der Waals surface area contributed by atoms with E-state index >= 15 is 0 Å². The summed E-state index contributed by atoms with van der Waals surface area (Å²) in [6.45, 7) is 0. The summed E-state index contributed by atoms with van der Waals surface area (Å²) in [6, 6.07) is 0. The van der Waals surface area contributed by atoms with Gasteiger partial charge in [-0.1, -0.05) is 37.3 Å². The van der Waals surface area contributed by atoms with Gasteiger partial charge in [-0.3, -0.25) is 0 Å². The lowest BCUT2D eigenvalue weighted by atomic mass is 10.0. The molecule has 0 aliphatic heterocycles. The van der Waals surface area contributed by atoms with E-state index in [2.05, 4.69) is 6.08 Å². The van der Waals surface area contributed by atoms with E-state index in [4.69, 9.17) is 0 Å². The van der Waals surface area contributed by atoms with Gasteiger partial charge < -0.3 is 0 Å². The van der Waals surface area contributed by atoms with E-state index in [1.165, 1.54) is 57.8 Å². The van der Waals surface area contributed by atoms with Crippen LogP contribution in [0.1, 0.15) is 57.8 Å². The van der Waals surface area contributed by atoms with Gasteiger partial charge in [0, 0.05) is 0 Å². The van der Waals surface area contributed by atoms with Crippen molar-refractivity contribution in [2.45, 2.75) is 57.8 Å². The molecule has 0 aromatic heterocycles. The minimum absolute atomic E-state index is 1.05. The van der Waals surface area contributed by atoms with Crippen molar-refractivity contribution in [1.29, 1.82) is 0 Å². The molecular weight excluding hydrogens is 144 g/mol. The second-order valence-corrected chi connectivity index (χ2v) is 4.46. The van der Waals surface area contributed by atoms with Crippen molar-refractivity contribution in [3.8, 4) is 0 Å². The summed E-state index contributed by atoms with van der Waals surface area (Å²) >= 11 is 0. The summed E-state index contributed by atoms with van der Waals surface area (Å²) in [6.07, 6.45) is 15.7. The molecule has 0 aromatic carbocycles. The van der Waals surface area contributed by atoms with E-state index in [9.17, 15) is 0 Å². The van der Waals surface area contributed by atoms with Crippen molar-refractivity contribution in [3.05, 3.63) is 11.6 Å². The summed E-state index contributed by atoms with van der Waals surface area (Å²) in [5, 5.41) is 0. The highest BCUT2D eigenvalue weighted by Crippen LogP contribution is 2.30. The standard InChI is InChI=1S/C12H20/c1-2-6-11(5-1)9-10-12-7-3-4-8-12/h9,12H,1-8,10H2. The van der Waals surface area contributed by atoms with Gasteiger partial charge in [-0.25, -0.2) is 0 Å². The van der Waals surface area contributed by atoms with E-state index in [0.29, 0.717) is 0 Å². The number of allylic oxidation sites excluding steroid dienone is 2. The monoisotopic (exact) mass is 164 g/mol. The lowest BCUT2D eigenvalue weighted by Crippen LogP contribution is -1.90. The minimum Gasteiger partial charge on any atom is -0.0851 e. The summed E-state index contributed by atoms with van der Waals surface area (Å²) in [5.41, 5.74) is 1.77. The normalized spacial score (nSPS) is 25.2. The molecule has 2 aliphatic carbocycles. The van der Waals surface area contributed by atoms with Crippen molar-refractivity contribution in [3.63, 3.8) is 0 Å². The van der Waals surface area contributed by atoms with Gasteiger partial charge in [0.15, 0.2) is 0 Å². The minimum atomic E-state index is 1.05. The summed E-state index contributed by atoms with van der Waals surface area (Å²) in [4.78, 5) is 0. The molecule has 0 saturated heterocycles. The molecule has 0 N–H and O–H groups in total. The molecule has 0 amide bonds. The Morgan fingerprint density at radius 2 is 1.67 bits per heavy atom. The molecule has 0 aromatic rings. The number of hydrogen-bond acceptors (Lipinski definition) is 0. The van der Waals surface area contributed by atoms with Crippen LogP contribution in [-0.4, -0.2) is 0 Å². The van der Waals surface area contributed by atoms with E-state index in [0.717, 1.165) is 5.92 Å². The average Bonchev–Trinajstić information content (AvgIpc) is 2.74. The first-order chi connectivity index (χ1) is 5.95. The molecule has 68 valence electrons. The molecule has 0 heteroatoms. The molecule has 0 bridgehead atoms. The maximum atomic E-state index is 2.56. The Labute approximate surface area is 76.1 Å². The largest absolute Gasteiger partial charge is 0.0851 e. The molecule has 0 atom stereocenters. The summed E-state index contributed by atoms with van der Waals surface area (Å²) in [5.74, 6) is 1.05. The predicted molar refractivity (Wildman–Crippen MR) is 53.1 cm³/mol. The Balaban J connectivity index is 1.75. The highest BCUT2D eigenvalue weighted by molar-refractivity contribution is 5.06. The zero-order valence-electron chi connectivity index (χ0n) is 8.02. The second kappa shape index (κ2) is 4.11. The molecule has 0 heterocycles. The van der Waals surface area contributed by atoms with Gasteiger partial charge in [0.25, 0.3) is 0 Å². The van der Waals surface area contributed by atoms with E-state index in [1.807, 2.05) is 0 Å². The topological polar surface area (TPSA) is 0 Å². The Kier molecular flexibility index (Phi) is 2.86. The molecule has 0 nitrogen and oxygen atoms in total. The third-order valence-corrected chi connectivity index (χ3v) is 3.46. The maximum absolute atomic E-state index is 2.56. The molecule has 2 rings (SSSR count). The van der Waals surface area contributed by atoms with Crippen molar-refractivity contribution in [2.75, 3.05) is 0 Å². The van der Waals surface area contributed by atoms with E-state index < -0.39 is 0 Å². The van der Waals surface area contributed by atoms with Crippen LogP contribution in [0.15, 0.2) is 11.6 Å². The molecule has 2 saturated carbocycles. The number of rotatable bonds is 2. The highest BCUT2D eigenvalue weighted by Gasteiger charge is 2.14. The summed E-state index contributed by atoms with van der Waals surface area (Å²) in [7, 11) is 0. The van der Waals surface area contributed by atoms with Gasteiger partial charge in [0.1, 0.15) is 0 Å². The molecule has 0 radical (unpaired) electrons. The molecule has 0 unspecified atom stereocenters. The van der Waals surface area contributed by atoms with Gasteiger partial charge in [0.05, 0.1) is 0 Å². The van der Waals surface area contributed by atoms with Gasteiger partial charge in [-0.05, 0) is 38.0 Å². The van der Waals surface area contributed by atoms with E-state index in [-0.39, 0.29) is 0 Å². The third kappa shape index (κ3) is 2.12. The van der Waals surface area contributed by atoms with Crippen LogP contribution < -0.4 is 0 Å².